The van der Waals surface area contributed by atoms with Crippen LogP contribution in [0.1, 0.15) is 21.5 Å². The zero-order chi connectivity index (χ0) is 16.9. The second kappa shape index (κ2) is 6.99. The highest BCUT2D eigenvalue weighted by molar-refractivity contribution is 5.94. The third-order valence-electron chi connectivity index (χ3n) is 3.41. The van der Waals surface area contributed by atoms with Gasteiger partial charge in [0.25, 0.3) is 5.91 Å². The summed E-state index contributed by atoms with van der Waals surface area (Å²) in [6, 6.07) is 10.3. The van der Waals surface area contributed by atoms with Crippen LogP contribution < -0.4 is 5.32 Å². The minimum atomic E-state index is -0.780. The normalized spacial score (nSPS) is 10.6. The van der Waals surface area contributed by atoms with Crippen molar-refractivity contribution in [2.75, 3.05) is 0 Å². The van der Waals surface area contributed by atoms with Crippen molar-refractivity contribution < 1.29 is 13.6 Å². The molecule has 0 atom stereocenters. The van der Waals surface area contributed by atoms with Crippen LogP contribution in [0, 0.1) is 11.6 Å². The molecule has 0 spiro atoms. The maximum absolute atomic E-state index is 13.1. The molecule has 1 amide bonds. The molecule has 0 aliphatic rings. The predicted molar refractivity (Wildman–Crippen MR) is 83.1 cm³/mol. The Labute approximate surface area is 137 Å². The van der Waals surface area contributed by atoms with Crippen LogP contribution >= 0.6 is 0 Å². The van der Waals surface area contributed by atoms with Crippen molar-refractivity contribution in [2.24, 2.45) is 0 Å². The number of carbonyl (C=O) groups is 1. The lowest BCUT2D eigenvalue weighted by molar-refractivity contribution is 0.0950. The summed E-state index contributed by atoms with van der Waals surface area (Å²) in [4.78, 5) is 15.8. The molecular formula is C17H14F2N4O. The van der Waals surface area contributed by atoms with Crippen LogP contribution in [0.25, 0.3) is 0 Å². The topological polar surface area (TPSA) is 59.8 Å². The van der Waals surface area contributed by atoms with Gasteiger partial charge in [0.05, 0.1) is 6.54 Å². The summed E-state index contributed by atoms with van der Waals surface area (Å²) in [7, 11) is 0. The second-order valence-corrected chi connectivity index (χ2v) is 5.25. The number of aromatic nitrogens is 3. The molecule has 1 heterocycles. The molecule has 2 aromatic carbocycles. The Balaban J connectivity index is 1.59. The van der Waals surface area contributed by atoms with Gasteiger partial charge in [-0.1, -0.05) is 24.3 Å². The van der Waals surface area contributed by atoms with Gasteiger partial charge in [0.2, 0.25) is 0 Å². The van der Waals surface area contributed by atoms with Crippen LogP contribution in [0.3, 0.4) is 0 Å². The van der Waals surface area contributed by atoms with E-state index in [1.165, 1.54) is 6.33 Å². The number of hydrogen-bond donors (Lipinski definition) is 1. The number of carbonyl (C=O) groups excluding carboxylic acids is 1. The molecule has 0 saturated heterocycles. The minimum Gasteiger partial charge on any atom is -0.348 e. The van der Waals surface area contributed by atoms with Crippen LogP contribution in [0.4, 0.5) is 8.78 Å². The van der Waals surface area contributed by atoms with E-state index in [2.05, 4.69) is 15.4 Å². The summed E-state index contributed by atoms with van der Waals surface area (Å²) in [5.74, 6) is -2.09. The Morgan fingerprint density at radius 2 is 1.71 bits per heavy atom. The lowest BCUT2D eigenvalue weighted by Gasteiger charge is -2.07. The molecule has 3 aromatic rings. The van der Waals surface area contributed by atoms with Gasteiger partial charge in [-0.15, -0.1) is 0 Å². The van der Waals surface area contributed by atoms with Gasteiger partial charge in [-0.05, 0) is 23.3 Å². The van der Waals surface area contributed by atoms with Crippen molar-refractivity contribution in [1.29, 1.82) is 0 Å². The van der Waals surface area contributed by atoms with Crippen LogP contribution in [-0.2, 0) is 13.1 Å². The molecule has 1 aromatic heterocycles. The number of benzene rings is 2. The Hall–Kier alpha value is -3.09. The quantitative estimate of drug-likeness (QED) is 0.783. The van der Waals surface area contributed by atoms with Crippen LogP contribution in [-0.4, -0.2) is 20.7 Å². The first-order chi connectivity index (χ1) is 11.6. The largest absolute Gasteiger partial charge is 0.348 e. The summed E-state index contributed by atoms with van der Waals surface area (Å²) in [6.07, 6.45) is 3.10. The van der Waals surface area contributed by atoms with E-state index in [1.807, 2.05) is 24.3 Å². The summed E-state index contributed by atoms with van der Waals surface area (Å²) in [5.41, 5.74) is 1.88. The summed E-state index contributed by atoms with van der Waals surface area (Å²) in [5, 5.41) is 6.66. The van der Waals surface area contributed by atoms with Gasteiger partial charge in [-0.3, -0.25) is 4.79 Å². The average Bonchev–Trinajstić information content (AvgIpc) is 3.06. The number of halogens is 2. The van der Waals surface area contributed by atoms with Crippen molar-refractivity contribution in [3.05, 3.63) is 83.4 Å². The van der Waals surface area contributed by atoms with Crippen molar-refractivity contribution in [3.63, 3.8) is 0 Å². The number of rotatable bonds is 5. The van der Waals surface area contributed by atoms with Gasteiger partial charge < -0.3 is 5.32 Å². The predicted octanol–water partition coefficient (Wildman–Crippen LogP) is 2.53. The van der Waals surface area contributed by atoms with Crippen LogP contribution in [0.2, 0.25) is 0 Å². The molecule has 0 saturated carbocycles. The molecular weight excluding hydrogens is 314 g/mol. The van der Waals surface area contributed by atoms with E-state index in [0.29, 0.717) is 6.54 Å². The smallest absolute Gasteiger partial charge is 0.251 e. The maximum atomic E-state index is 13.1. The lowest BCUT2D eigenvalue weighted by atomic mass is 10.1. The van der Waals surface area contributed by atoms with E-state index in [-0.39, 0.29) is 12.1 Å². The number of hydrogen-bond acceptors (Lipinski definition) is 3. The Morgan fingerprint density at radius 1 is 1.04 bits per heavy atom. The minimum absolute atomic E-state index is 0.0460. The highest BCUT2D eigenvalue weighted by atomic mass is 19.1. The number of nitrogens with zero attached hydrogens (tertiary/aromatic N) is 3. The van der Waals surface area contributed by atoms with E-state index < -0.39 is 17.5 Å². The Kier molecular flexibility index (Phi) is 4.60. The van der Waals surface area contributed by atoms with Gasteiger partial charge in [-0.2, -0.15) is 5.10 Å². The standard InChI is InChI=1S/C17H14F2N4O/c18-15-5-14(6-16(19)7-15)17(24)21-8-12-1-3-13(4-2-12)9-23-11-20-10-22-23/h1-7,10-11H,8-9H2,(H,21,24). The van der Waals surface area contributed by atoms with Crippen molar-refractivity contribution >= 4 is 5.91 Å². The first kappa shape index (κ1) is 15.8. The molecule has 0 bridgehead atoms. The molecule has 1 N–H and O–H groups in total. The van der Waals surface area contributed by atoms with Gasteiger partial charge in [-0.25, -0.2) is 18.4 Å². The monoisotopic (exact) mass is 328 g/mol. The summed E-state index contributed by atoms with van der Waals surface area (Å²) >= 11 is 0. The fourth-order valence-corrected chi connectivity index (χ4v) is 2.23. The van der Waals surface area contributed by atoms with E-state index in [4.69, 9.17) is 0 Å². The second-order valence-electron chi connectivity index (χ2n) is 5.25. The van der Waals surface area contributed by atoms with E-state index in [1.54, 1.807) is 11.0 Å². The van der Waals surface area contributed by atoms with Crippen molar-refractivity contribution in [3.8, 4) is 0 Å². The summed E-state index contributed by atoms with van der Waals surface area (Å²) in [6.45, 7) is 0.871. The molecule has 122 valence electrons. The highest BCUT2D eigenvalue weighted by Crippen LogP contribution is 2.09. The third kappa shape index (κ3) is 4.01. The van der Waals surface area contributed by atoms with Crippen molar-refractivity contribution in [2.45, 2.75) is 13.1 Å². The molecule has 24 heavy (non-hydrogen) atoms. The van der Waals surface area contributed by atoms with E-state index >= 15 is 0 Å². The molecule has 5 nitrogen and oxygen atoms in total. The maximum Gasteiger partial charge on any atom is 0.251 e. The molecule has 0 radical (unpaired) electrons. The molecule has 3 rings (SSSR count). The van der Waals surface area contributed by atoms with Gasteiger partial charge in [0.1, 0.15) is 24.3 Å². The van der Waals surface area contributed by atoms with Crippen LogP contribution in [0.15, 0.2) is 55.1 Å². The first-order valence-electron chi connectivity index (χ1n) is 7.25. The SMILES string of the molecule is O=C(NCc1ccc(Cn2cncn2)cc1)c1cc(F)cc(F)c1. The number of nitrogens with one attached hydrogen (secondary N) is 1. The van der Waals surface area contributed by atoms with E-state index in [9.17, 15) is 13.6 Å². The molecule has 0 fully saturated rings. The number of amides is 1. The van der Waals surface area contributed by atoms with Gasteiger partial charge in [0, 0.05) is 18.2 Å². The van der Waals surface area contributed by atoms with Crippen LogP contribution in [0.5, 0.6) is 0 Å². The van der Waals surface area contributed by atoms with Crippen molar-refractivity contribution in [1.82, 2.24) is 20.1 Å². The fraction of sp³-hybridized carbons (Fsp3) is 0.118. The first-order valence-corrected chi connectivity index (χ1v) is 7.25. The molecule has 0 aliphatic heterocycles. The van der Waals surface area contributed by atoms with Gasteiger partial charge >= 0.3 is 0 Å². The molecule has 0 unspecified atom stereocenters. The highest BCUT2D eigenvalue weighted by Gasteiger charge is 2.09. The van der Waals surface area contributed by atoms with Gasteiger partial charge in [0.15, 0.2) is 0 Å². The summed E-state index contributed by atoms with van der Waals surface area (Å²) < 4.78 is 27.9. The third-order valence-corrected chi connectivity index (χ3v) is 3.41. The lowest BCUT2D eigenvalue weighted by Crippen LogP contribution is -2.23. The molecule has 7 heteroatoms. The Bertz CT molecular complexity index is 812. The average molecular weight is 328 g/mol. The zero-order valence-electron chi connectivity index (χ0n) is 12.6. The fourth-order valence-electron chi connectivity index (χ4n) is 2.23. The molecule has 0 aliphatic carbocycles. The zero-order valence-corrected chi connectivity index (χ0v) is 12.6. The van der Waals surface area contributed by atoms with E-state index in [0.717, 1.165) is 29.3 Å². The Morgan fingerprint density at radius 3 is 2.33 bits per heavy atom.